The molecule has 1 amide bonds. The number of piperidine rings is 1. The number of benzene rings is 2. The third kappa shape index (κ3) is 4.70. The summed E-state index contributed by atoms with van der Waals surface area (Å²) in [5.74, 6) is 1.28. The maximum Gasteiger partial charge on any atom is 0.241 e. The van der Waals surface area contributed by atoms with E-state index in [9.17, 15) is 4.79 Å². The highest BCUT2D eigenvalue weighted by Gasteiger charge is 2.20. The van der Waals surface area contributed by atoms with Gasteiger partial charge in [0.15, 0.2) is 0 Å². The van der Waals surface area contributed by atoms with Gasteiger partial charge in [0.1, 0.15) is 12.1 Å². The van der Waals surface area contributed by atoms with Gasteiger partial charge in [-0.15, -0.1) is 0 Å². The van der Waals surface area contributed by atoms with E-state index in [0.717, 1.165) is 53.9 Å². The molecule has 33 heavy (non-hydrogen) atoms. The predicted molar refractivity (Wildman–Crippen MR) is 129 cm³/mol. The van der Waals surface area contributed by atoms with Crippen molar-refractivity contribution in [1.29, 1.82) is 0 Å². The van der Waals surface area contributed by atoms with Crippen molar-refractivity contribution >= 4 is 28.6 Å². The highest BCUT2D eigenvalue weighted by Crippen LogP contribution is 2.23. The average Bonchev–Trinajstić information content (AvgIpc) is 3.28. The summed E-state index contributed by atoms with van der Waals surface area (Å²) in [5.41, 5.74) is 3.60. The number of nitrogens with one attached hydrogen (secondary N) is 3. The Bertz CT molecular complexity index is 1250. The number of carbonyl (C=O) groups is 1. The summed E-state index contributed by atoms with van der Waals surface area (Å²) in [6, 6.07) is 17.7. The molecule has 2 atom stereocenters. The molecule has 0 bridgehead atoms. The van der Waals surface area contributed by atoms with Gasteiger partial charge in [-0.1, -0.05) is 36.8 Å². The van der Waals surface area contributed by atoms with Crippen molar-refractivity contribution in [2.45, 2.75) is 38.3 Å². The van der Waals surface area contributed by atoms with Gasteiger partial charge in [-0.3, -0.25) is 9.36 Å². The van der Waals surface area contributed by atoms with Gasteiger partial charge in [0.25, 0.3) is 0 Å². The summed E-state index contributed by atoms with van der Waals surface area (Å²) >= 11 is 0. The fourth-order valence-corrected chi connectivity index (χ4v) is 4.15. The molecule has 0 unspecified atom stereocenters. The first-order chi connectivity index (χ1) is 16.2. The SMILES string of the molecule is C[C@H](Nc1nccc(-n2cnc3cc(NC(=O)[C@@H]4CCCCN4)ccc32)n1)c1ccccc1. The van der Waals surface area contributed by atoms with Crippen molar-refractivity contribution in [3.8, 4) is 5.82 Å². The van der Waals surface area contributed by atoms with Crippen molar-refractivity contribution in [3.05, 3.63) is 72.7 Å². The van der Waals surface area contributed by atoms with Crippen molar-refractivity contribution < 1.29 is 4.79 Å². The van der Waals surface area contributed by atoms with Crippen LogP contribution in [0.15, 0.2) is 67.1 Å². The molecule has 5 rings (SSSR count). The molecule has 1 fully saturated rings. The number of anilines is 2. The zero-order valence-electron chi connectivity index (χ0n) is 18.5. The van der Waals surface area contributed by atoms with E-state index in [0.29, 0.717) is 5.95 Å². The topological polar surface area (TPSA) is 96.8 Å². The summed E-state index contributed by atoms with van der Waals surface area (Å²) in [6.07, 6.45) is 6.55. The Hall–Kier alpha value is -3.78. The Kier molecular flexibility index (Phi) is 5.99. The molecule has 1 aliphatic heterocycles. The third-order valence-electron chi connectivity index (χ3n) is 5.97. The number of carbonyl (C=O) groups excluding carboxylic acids is 1. The van der Waals surface area contributed by atoms with Gasteiger partial charge in [0, 0.05) is 11.9 Å². The molecule has 3 N–H and O–H groups in total. The van der Waals surface area contributed by atoms with Crippen molar-refractivity contribution in [3.63, 3.8) is 0 Å². The first kappa shape index (κ1) is 21.1. The van der Waals surface area contributed by atoms with Gasteiger partial charge < -0.3 is 16.0 Å². The van der Waals surface area contributed by atoms with Gasteiger partial charge in [-0.25, -0.2) is 9.97 Å². The Morgan fingerprint density at radius 1 is 1.12 bits per heavy atom. The van der Waals surface area contributed by atoms with E-state index in [1.807, 2.05) is 47.0 Å². The lowest BCUT2D eigenvalue weighted by atomic mass is 10.0. The molecule has 2 aromatic heterocycles. The molecule has 0 radical (unpaired) electrons. The molecule has 1 aliphatic rings. The number of aromatic nitrogens is 4. The second-order valence-corrected chi connectivity index (χ2v) is 8.32. The molecular formula is C25H27N7O. The van der Waals surface area contributed by atoms with E-state index in [4.69, 9.17) is 0 Å². The van der Waals surface area contributed by atoms with Crippen LogP contribution in [0.3, 0.4) is 0 Å². The molecule has 0 saturated carbocycles. The minimum atomic E-state index is -0.128. The van der Waals surface area contributed by atoms with Crippen LogP contribution in [0.4, 0.5) is 11.6 Å². The molecule has 1 saturated heterocycles. The molecule has 2 aromatic carbocycles. The number of amides is 1. The van der Waals surface area contributed by atoms with Gasteiger partial charge in [0.05, 0.1) is 23.1 Å². The summed E-state index contributed by atoms with van der Waals surface area (Å²) < 4.78 is 1.92. The van der Waals surface area contributed by atoms with Gasteiger partial charge in [-0.2, -0.15) is 4.98 Å². The second-order valence-electron chi connectivity index (χ2n) is 8.32. The van der Waals surface area contributed by atoms with Crippen molar-refractivity contribution in [1.82, 2.24) is 24.8 Å². The molecule has 168 valence electrons. The van der Waals surface area contributed by atoms with Crippen LogP contribution in [-0.2, 0) is 4.79 Å². The fourth-order valence-electron chi connectivity index (χ4n) is 4.15. The maximum absolute atomic E-state index is 12.5. The van der Waals surface area contributed by atoms with Crippen LogP contribution >= 0.6 is 0 Å². The van der Waals surface area contributed by atoms with E-state index < -0.39 is 0 Å². The molecular weight excluding hydrogens is 414 g/mol. The first-order valence-corrected chi connectivity index (χ1v) is 11.3. The molecule has 0 aliphatic carbocycles. The van der Waals surface area contributed by atoms with E-state index in [1.54, 1.807) is 12.5 Å². The normalized spacial score (nSPS) is 16.9. The predicted octanol–water partition coefficient (Wildman–Crippen LogP) is 4.07. The lowest BCUT2D eigenvalue weighted by Crippen LogP contribution is -2.43. The van der Waals surface area contributed by atoms with Crippen LogP contribution in [0.1, 0.15) is 37.8 Å². The van der Waals surface area contributed by atoms with Crippen LogP contribution in [0, 0.1) is 0 Å². The van der Waals surface area contributed by atoms with Crippen molar-refractivity contribution in [2.75, 3.05) is 17.2 Å². The summed E-state index contributed by atoms with van der Waals surface area (Å²) in [7, 11) is 0. The molecule has 8 heteroatoms. The summed E-state index contributed by atoms with van der Waals surface area (Å²) in [6.45, 7) is 2.97. The monoisotopic (exact) mass is 441 g/mol. The van der Waals surface area contributed by atoms with Gasteiger partial charge in [-0.05, 0) is 56.1 Å². The minimum Gasteiger partial charge on any atom is -0.348 e. The van der Waals surface area contributed by atoms with E-state index in [-0.39, 0.29) is 18.0 Å². The lowest BCUT2D eigenvalue weighted by Gasteiger charge is -2.22. The Balaban J connectivity index is 1.34. The van der Waals surface area contributed by atoms with Crippen LogP contribution in [0.5, 0.6) is 0 Å². The number of hydrogen-bond acceptors (Lipinski definition) is 6. The highest BCUT2D eigenvalue weighted by molar-refractivity contribution is 5.96. The molecule has 3 heterocycles. The average molecular weight is 442 g/mol. The van der Waals surface area contributed by atoms with Crippen LogP contribution < -0.4 is 16.0 Å². The Morgan fingerprint density at radius 2 is 2.00 bits per heavy atom. The summed E-state index contributed by atoms with van der Waals surface area (Å²) in [5, 5.41) is 9.65. The quantitative estimate of drug-likeness (QED) is 0.417. The number of imidazole rings is 1. The molecule has 0 spiro atoms. The van der Waals surface area contributed by atoms with Crippen molar-refractivity contribution in [2.24, 2.45) is 0 Å². The zero-order valence-corrected chi connectivity index (χ0v) is 18.5. The largest absolute Gasteiger partial charge is 0.348 e. The number of nitrogens with zero attached hydrogens (tertiary/aromatic N) is 4. The minimum absolute atomic E-state index is 0.00698. The van der Waals surface area contributed by atoms with Gasteiger partial charge >= 0.3 is 0 Å². The smallest absolute Gasteiger partial charge is 0.241 e. The third-order valence-corrected chi connectivity index (χ3v) is 5.97. The number of rotatable bonds is 6. The summed E-state index contributed by atoms with van der Waals surface area (Å²) in [4.78, 5) is 26.1. The number of hydrogen-bond donors (Lipinski definition) is 3. The standard InChI is InChI=1S/C25H27N7O/c1-17(18-7-3-2-4-8-18)29-25-27-14-12-23(31-25)32-16-28-21-15-19(10-11-22(21)32)30-24(33)20-9-5-6-13-26-20/h2-4,7-8,10-12,14-17,20,26H,5-6,9,13H2,1H3,(H,30,33)(H,27,29,31)/t17-,20-/m0/s1. The van der Waals surface area contributed by atoms with Crippen LogP contribution in [0.2, 0.25) is 0 Å². The Labute approximate surface area is 192 Å². The number of fused-ring (bicyclic) bond motifs is 1. The first-order valence-electron chi connectivity index (χ1n) is 11.3. The van der Waals surface area contributed by atoms with E-state index >= 15 is 0 Å². The zero-order chi connectivity index (χ0) is 22.6. The highest BCUT2D eigenvalue weighted by atomic mass is 16.2. The maximum atomic E-state index is 12.5. The van der Waals surface area contributed by atoms with Crippen LogP contribution in [0.25, 0.3) is 16.9 Å². The van der Waals surface area contributed by atoms with E-state index in [1.165, 1.54) is 0 Å². The Morgan fingerprint density at radius 3 is 2.82 bits per heavy atom. The second kappa shape index (κ2) is 9.38. The molecule has 8 nitrogen and oxygen atoms in total. The van der Waals surface area contributed by atoms with Crippen LogP contribution in [-0.4, -0.2) is 38.0 Å². The lowest BCUT2D eigenvalue weighted by molar-refractivity contribution is -0.118. The molecule has 4 aromatic rings. The fraction of sp³-hybridized carbons (Fsp3) is 0.280. The van der Waals surface area contributed by atoms with Gasteiger partial charge in [0.2, 0.25) is 11.9 Å². The van der Waals surface area contributed by atoms with E-state index in [2.05, 4.69) is 50.0 Å².